The van der Waals surface area contributed by atoms with Gasteiger partial charge >= 0.3 is 5.97 Å². The highest BCUT2D eigenvalue weighted by molar-refractivity contribution is 5.92. The maximum absolute atomic E-state index is 12.4. The summed E-state index contributed by atoms with van der Waals surface area (Å²) in [5.74, 6) is 1.40. The molecule has 2 aromatic heterocycles. The van der Waals surface area contributed by atoms with Crippen LogP contribution in [0.1, 0.15) is 29.4 Å². The molecule has 6 heteroatoms. The Bertz CT molecular complexity index is 842. The fourth-order valence-electron chi connectivity index (χ4n) is 2.31. The van der Waals surface area contributed by atoms with Gasteiger partial charge in [0.1, 0.15) is 17.1 Å². The average molecular weight is 337 g/mol. The molecule has 0 unspecified atom stereocenters. The van der Waals surface area contributed by atoms with E-state index in [4.69, 9.17) is 9.47 Å². The quantitative estimate of drug-likeness (QED) is 0.508. The van der Waals surface area contributed by atoms with E-state index in [1.165, 1.54) is 6.20 Å². The van der Waals surface area contributed by atoms with Crippen LogP contribution < -0.4 is 9.47 Å². The predicted octanol–water partition coefficient (Wildman–Crippen LogP) is 3.58. The number of aromatic nitrogens is 3. The molecule has 0 fully saturated rings. The van der Waals surface area contributed by atoms with Crippen LogP contribution in [-0.4, -0.2) is 27.3 Å². The number of carbonyl (C=O) groups excluding carboxylic acids is 1. The highest BCUT2D eigenvalue weighted by Gasteiger charge is 2.17. The Morgan fingerprint density at radius 1 is 1.12 bits per heavy atom. The van der Waals surface area contributed by atoms with Crippen molar-refractivity contribution in [2.45, 2.75) is 20.3 Å². The number of rotatable bonds is 6. The van der Waals surface area contributed by atoms with Crippen LogP contribution in [0, 0.1) is 6.92 Å². The lowest BCUT2D eigenvalue weighted by Gasteiger charge is -2.07. The van der Waals surface area contributed by atoms with Gasteiger partial charge in [0.2, 0.25) is 0 Å². The first-order chi connectivity index (χ1) is 12.2. The van der Waals surface area contributed by atoms with Crippen LogP contribution >= 0.6 is 0 Å². The van der Waals surface area contributed by atoms with E-state index >= 15 is 0 Å². The van der Waals surface area contributed by atoms with Crippen molar-refractivity contribution in [3.05, 3.63) is 66.1 Å². The minimum absolute atomic E-state index is 0.400. The Morgan fingerprint density at radius 3 is 2.56 bits per heavy atom. The van der Waals surface area contributed by atoms with Crippen molar-refractivity contribution in [1.29, 1.82) is 0 Å². The third-order valence-electron chi connectivity index (χ3n) is 3.60. The summed E-state index contributed by atoms with van der Waals surface area (Å²) in [6, 6.07) is 12.5. The van der Waals surface area contributed by atoms with Crippen LogP contribution in [-0.2, 0) is 0 Å². The van der Waals surface area contributed by atoms with E-state index in [9.17, 15) is 4.79 Å². The molecule has 0 aliphatic carbocycles. The molecular weight excluding hydrogens is 318 g/mol. The molecule has 25 heavy (non-hydrogen) atoms. The molecule has 3 aromatic rings. The largest absolute Gasteiger partial charge is 0.494 e. The fraction of sp³-hybridized carbons (Fsp3) is 0.211. The molecular formula is C19H19N3O3. The monoisotopic (exact) mass is 337 g/mol. The maximum Gasteiger partial charge on any atom is 0.347 e. The summed E-state index contributed by atoms with van der Waals surface area (Å²) in [5, 5.41) is 4.23. The number of benzene rings is 1. The molecule has 1 aromatic carbocycles. The number of hydrogen-bond acceptors (Lipinski definition) is 5. The number of esters is 1. The summed E-state index contributed by atoms with van der Waals surface area (Å²) in [4.78, 5) is 16.6. The second-order valence-corrected chi connectivity index (χ2v) is 5.45. The standard InChI is InChI=1S/C19H19N3O3/c1-3-12-24-15-7-9-16(10-8-15)25-19(23)17-13-21-22(14(17)2)18-6-4-5-11-20-18/h4-11,13H,3,12H2,1-2H3. The molecule has 3 rings (SSSR count). The zero-order chi connectivity index (χ0) is 17.6. The number of pyridine rings is 1. The van der Waals surface area contributed by atoms with Crippen molar-refractivity contribution in [1.82, 2.24) is 14.8 Å². The van der Waals surface area contributed by atoms with Gasteiger partial charge in [-0.1, -0.05) is 13.0 Å². The molecule has 128 valence electrons. The van der Waals surface area contributed by atoms with Gasteiger partial charge in [0.15, 0.2) is 5.82 Å². The Kier molecular flexibility index (Phi) is 5.09. The first kappa shape index (κ1) is 16.7. The molecule has 0 saturated heterocycles. The van der Waals surface area contributed by atoms with Crippen LogP contribution in [0.3, 0.4) is 0 Å². The normalized spacial score (nSPS) is 10.5. The summed E-state index contributed by atoms with van der Waals surface area (Å²) in [7, 11) is 0. The van der Waals surface area contributed by atoms with Gasteiger partial charge in [-0.3, -0.25) is 0 Å². The molecule has 0 atom stereocenters. The van der Waals surface area contributed by atoms with Gasteiger partial charge < -0.3 is 9.47 Å². The van der Waals surface area contributed by atoms with Crippen molar-refractivity contribution in [3.63, 3.8) is 0 Å². The molecule has 0 radical (unpaired) electrons. The molecule has 0 aliphatic rings. The zero-order valence-electron chi connectivity index (χ0n) is 14.2. The van der Waals surface area contributed by atoms with Crippen LogP contribution in [0.25, 0.3) is 5.82 Å². The predicted molar refractivity (Wildman–Crippen MR) is 93.3 cm³/mol. The summed E-state index contributed by atoms with van der Waals surface area (Å²) in [6.45, 7) is 4.51. The molecule has 0 amide bonds. The Labute approximate surface area is 146 Å². The van der Waals surface area contributed by atoms with E-state index in [-0.39, 0.29) is 0 Å². The highest BCUT2D eigenvalue weighted by Crippen LogP contribution is 2.20. The van der Waals surface area contributed by atoms with Gasteiger partial charge in [-0.15, -0.1) is 0 Å². The van der Waals surface area contributed by atoms with E-state index in [2.05, 4.69) is 10.1 Å². The van der Waals surface area contributed by atoms with Gasteiger partial charge in [-0.2, -0.15) is 5.10 Å². The Balaban J connectivity index is 1.73. The lowest BCUT2D eigenvalue weighted by molar-refractivity contribution is 0.0734. The number of nitrogens with zero attached hydrogens (tertiary/aromatic N) is 3. The topological polar surface area (TPSA) is 66.2 Å². The third kappa shape index (κ3) is 3.85. The van der Waals surface area contributed by atoms with Gasteiger partial charge in [0.25, 0.3) is 0 Å². The lowest BCUT2D eigenvalue weighted by Crippen LogP contribution is -2.10. The van der Waals surface area contributed by atoms with E-state index in [1.54, 1.807) is 42.1 Å². The number of ether oxygens (including phenoxy) is 2. The van der Waals surface area contributed by atoms with E-state index in [1.807, 2.05) is 25.1 Å². The summed E-state index contributed by atoms with van der Waals surface area (Å²) in [6.07, 6.45) is 4.11. The smallest absolute Gasteiger partial charge is 0.347 e. The first-order valence-electron chi connectivity index (χ1n) is 8.10. The van der Waals surface area contributed by atoms with Gasteiger partial charge in [0.05, 0.1) is 18.5 Å². The van der Waals surface area contributed by atoms with E-state index in [0.717, 1.165) is 12.2 Å². The Hall–Kier alpha value is -3.15. The minimum Gasteiger partial charge on any atom is -0.494 e. The summed E-state index contributed by atoms with van der Waals surface area (Å²) >= 11 is 0. The zero-order valence-corrected chi connectivity index (χ0v) is 14.2. The van der Waals surface area contributed by atoms with E-state index in [0.29, 0.717) is 29.4 Å². The molecule has 0 spiro atoms. The van der Waals surface area contributed by atoms with Crippen molar-refractivity contribution in [2.24, 2.45) is 0 Å². The molecule has 0 saturated carbocycles. The van der Waals surface area contributed by atoms with Crippen LogP contribution in [0.5, 0.6) is 11.5 Å². The Morgan fingerprint density at radius 2 is 1.88 bits per heavy atom. The lowest BCUT2D eigenvalue weighted by atomic mass is 10.2. The van der Waals surface area contributed by atoms with Crippen molar-refractivity contribution in [3.8, 4) is 17.3 Å². The van der Waals surface area contributed by atoms with Gasteiger partial charge in [-0.05, 0) is 49.7 Å². The SMILES string of the molecule is CCCOc1ccc(OC(=O)c2cnn(-c3ccccn3)c2C)cc1. The molecule has 0 N–H and O–H groups in total. The molecule has 0 bridgehead atoms. The van der Waals surface area contributed by atoms with Crippen LogP contribution in [0.15, 0.2) is 54.9 Å². The third-order valence-corrected chi connectivity index (χ3v) is 3.60. The van der Waals surface area contributed by atoms with Crippen LogP contribution in [0.4, 0.5) is 0 Å². The molecule has 2 heterocycles. The molecule has 0 aliphatic heterocycles. The average Bonchev–Trinajstić information content (AvgIpc) is 3.03. The summed E-state index contributed by atoms with van der Waals surface area (Å²) < 4.78 is 12.5. The minimum atomic E-state index is -0.457. The number of hydrogen-bond donors (Lipinski definition) is 0. The second kappa shape index (κ2) is 7.61. The molecule has 6 nitrogen and oxygen atoms in total. The van der Waals surface area contributed by atoms with Crippen LogP contribution in [0.2, 0.25) is 0 Å². The summed E-state index contributed by atoms with van der Waals surface area (Å²) in [5.41, 5.74) is 1.07. The highest BCUT2D eigenvalue weighted by atomic mass is 16.5. The van der Waals surface area contributed by atoms with Gasteiger partial charge in [0, 0.05) is 6.20 Å². The van der Waals surface area contributed by atoms with Crippen molar-refractivity contribution >= 4 is 5.97 Å². The maximum atomic E-state index is 12.4. The first-order valence-corrected chi connectivity index (χ1v) is 8.10. The van der Waals surface area contributed by atoms with Crippen molar-refractivity contribution in [2.75, 3.05) is 6.61 Å². The van der Waals surface area contributed by atoms with Crippen molar-refractivity contribution < 1.29 is 14.3 Å². The van der Waals surface area contributed by atoms with E-state index < -0.39 is 5.97 Å². The number of carbonyl (C=O) groups is 1. The fourth-order valence-corrected chi connectivity index (χ4v) is 2.31. The second-order valence-electron chi connectivity index (χ2n) is 5.45. The van der Waals surface area contributed by atoms with Gasteiger partial charge in [-0.25, -0.2) is 14.5 Å².